The summed E-state index contributed by atoms with van der Waals surface area (Å²) in [6.45, 7) is 4.75. The Bertz CT molecular complexity index is 1930. The highest BCUT2D eigenvalue weighted by Gasteiger charge is 2.35. The molecule has 2 aromatic heterocycles. The van der Waals surface area contributed by atoms with Gasteiger partial charge in [0.15, 0.2) is 0 Å². The van der Waals surface area contributed by atoms with Crippen molar-refractivity contribution >= 4 is 39.2 Å². The minimum Gasteiger partial charge on any atom is -0.480 e. The molecule has 5 aromatic rings. The third-order valence-corrected chi connectivity index (χ3v) is 9.49. The number of morpholine rings is 1. The first-order valence-electron chi connectivity index (χ1n) is 14.3. The van der Waals surface area contributed by atoms with Crippen LogP contribution >= 0.6 is 0 Å². The largest absolute Gasteiger partial charge is 0.480 e. The van der Waals surface area contributed by atoms with E-state index >= 15 is 0 Å². The number of carbonyl (C=O) groups is 1. The van der Waals surface area contributed by atoms with E-state index in [1.165, 1.54) is 19.4 Å². The Morgan fingerprint density at radius 3 is 2.38 bits per heavy atom. The van der Waals surface area contributed by atoms with Gasteiger partial charge in [-0.3, -0.25) is 9.36 Å². The molecule has 0 spiro atoms. The summed E-state index contributed by atoms with van der Waals surface area (Å²) in [5.74, 6) is 0.170. The third kappa shape index (κ3) is 5.80. The highest BCUT2D eigenvalue weighted by atomic mass is 32.2. The number of methoxy groups -OCH3 is 1. The Morgan fingerprint density at radius 2 is 1.69 bits per heavy atom. The summed E-state index contributed by atoms with van der Waals surface area (Å²) in [4.78, 5) is 27.3. The lowest BCUT2D eigenvalue weighted by Gasteiger charge is -2.29. The molecule has 1 aliphatic rings. The minimum absolute atomic E-state index is 0.0771. The molecule has 1 fully saturated rings. The second-order valence-electron chi connectivity index (χ2n) is 10.4. The molecule has 0 saturated carbocycles. The predicted octanol–water partition coefficient (Wildman–Crippen LogP) is 4.35. The maximum absolute atomic E-state index is 14.0. The number of carbonyl (C=O) groups excluding carboxylic acids is 1. The van der Waals surface area contributed by atoms with Crippen LogP contribution in [0.2, 0.25) is 0 Å². The van der Waals surface area contributed by atoms with Gasteiger partial charge < -0.3 is 24.9 Å². The molecule has 0 aliphatic carbocycles. The first kappa shape index (κ1) is 30.1. The first-order chi connectivity index (χ1) is 21.8. The summed E-state index contributed by atoms with van der Waals surface area (Å²) in [5, 5.41) is 0. The number of nitrogens with two attached hydrogens (primary N) is 1. The van der Waals surface area contributed by atoms with Crippen molar-refractivity contribution in [2.45, 2.75) is 17.9 Å². The average molecular weight is 629 g/mol. The topological polar surface area (TPSA) is 142 Å². The molecule has 12 nitrogen and oxygen atoms in total. The highest BCUT2D eigenvalue weighted by Crippen LogP contribution is 2.35. The maximum Gasteiger partial charge on any atom is 0.314 e. The average Bonchev–Trinajstić information content (AvgIpc) is 3.42. The summed E-state index contributed by atoms with van der Waals surface area (Å²) in [6.07, 6.45) is 1.52. The van der Waals surface area contributed by atoms with E-state index in [9.17, 15) is 13.2 Å². The Morgan fingerprint density at radius 1 is 0.978 bits per heavy atom. The number of pyridine rings is 1. The normalized spacial score (nSPS) is 14.4. The van der Waals surface area contributed by atoms with E-state index in [0.717, 1.165) is 30.0 Å². The third-order valence-electron chi connectivity index (χ3n) is 7.77. The lowest BCUT2D eigenvalue weighted by molar-refractivity contribution is -0.158. The van der Waals surface area contributed by atoms with E-state index in [1.807, 2.05) is 53.1 Å². The van der Waals surface area contributed by atoms with Gasteiger partial charge in [-0.15, -0.1) is 0 Å². The fourth-order valence-electron chi connectivity index (χ4n) is 5.46. The van der Waals surface area contributed by atoms with Gasteiger partial charge in [-0.05, 0) is 65.0 Å². The number of aromatic nitrogens is 3. The number of sulfonamides is 1. The number of hydrogen-bond acceptors (Lipinski definition) is 10. The standard InChI is InChI=1S/C32H32N6O6S/c1-22(23-6-4-3-5-7-23)38(44-21-39)45(40,41)30-19-25(20-34-31(30)42-2)24-8-13-28-29(18-24)37(32(33)35-28)27-11-9-26(10-12-27)36-14-16-43-17-15-36/h3-13,18-22H,14-17H2,1-2H3,(H2,33,35). The molecule has 1 aliphatic heterocycles. The van der Waals surface area contributed by atoms with Crippen LogP contribution in [0, 0.1) is 0 Å². The van der Waals surface area contributed by atoms with Gasteiger partial charge in [0.1, 0.15) is 4.90 Å². The molecule has 1 unspecified atom stereocenters. The van der Waals surface area contributed by atoms with Gasteiger partial charge in [0.25, 0.3) is 10.0 Å². The molecule has 6 rings (SSSR count). The second kappa shape index (κ2) is 12.6. The molecule has 0 bridgehead atoms. The molecule has 0 amide bonds. The fourth-order valence-corrected chi connectivity index (χ4v) is 6.97. The number of nitrogens with zero attached hydrogens (tertiary/aromatic N) is 5. The van der Waals surface area contributed by atoms with Crippen LogP contribution in [0.1, 0.15) is 18.5 Å². The number of rotatable bonds is 10. The van der Waals surface area contributed by atoms with E-state index in [0.29, 0.717) is 45.8 Å². The molecule has 3 aromatic carbocycles. The quantitative estimate of drug-likeness (QED) is 0.175. The molecule has 45 heavy (non-hydrogen) atoms. The van der Waals surface area contributed by atoms with Crippen LogP contribution in [0.15, 0.2) is 90.0 Å². The van der Waals surface area contributed by atoms with Crippen LogP contribution in [-0.4, -0.2) is 67.3 Å². The molecule has 13 heteroatoms. The molecule has 2 N–H and O–H groups in total. The molecule has 1 saturated heterocycles. The van der Waals surface area contributed by atoms with Crippen molar-refractivity contribution in [2.24, 2.45) is 0 Å². The molecule has 3 heterocycles. The van der Waals surface area contributed by atoms with Crippen molar-refractivity contribution in [1.29, 1.82) is 0 Å². The van der Waals surface area contributed by atoms with Crippen molar-refractivity contribution in [2.75, 3.05) is 44.0 Å². The second-order valence-corrected chi connectivity index (χ2v) is 12.2. The van der Waals surface area contributed by atoms with Gasteiger partial charge in [-0.1, -0.05) is 36.4 Å². The number of hydrogen-bond donors (Lipinski definition) is 1. The summed E-state index contributed by atoms with van der Waals surface area (Å²) in [5.41, 5.74) is 11.5. The van der Waals surface area contributed by atoms with E-state index < -0.39 is 16.1 Å². The fraction of sp³-hybridized carbons (Fsp3) is 0.219. The van der Waals surface area contributed by atoms with Crippen LogP contribution in [0.25, 0.3) is 27.8 Å². The zero-order valence-electron chi connectivity index (χ0n) is 24.7. The van der Waals surface area contributed by atoms with E-state index in [4.69, 9.17) is 20.0 Å². The van der Waals surface area contributed by atoms with E-state index in [-0.39, 0.29) is 17.2 Å². The number of nitrogen functional groups attached to an aromatic ring is 1. The minimum atomic E-state index is -4.44. The van der Waals surface area contributed by atoms with Gasteiger partial charge >= 0.3 is 6.47 Å². The van der Waals surface area contributed by atoms with Crippen LogP contribution in [0.3, 0.4) is 0 Å². The SMILES string of the molecule is COc1ncc(-c2ccc3nc(N)n(-c4ccc(N5CCOCC5)cc4)c3c2)cc1S(=O)(=O)N(OC=O)C(C)c1ccccc1. The number of fused-ring (bicyclic) bond motifs is 1. The lowest BCUT2D eigenvalue weighted by atomic mass is 10.1. The summed E-state index contributed by atoms with van der Waals surface area (Å²) < 4.78 is 41.3. The van der Waals surface area contributed by atoms with Crippen molar-refractivity contribution in [3.05, 3.63) is 90.6 Å². The number of anilines is 2. The van der Waals surface area contributed by atoms with E-state index in [2.05, 4.69) is 14.9 Å². The zero-order valence-corrected chi connectivity index (χ0v) is 25.6. The number of ether oxygens (including phenoxy) is 2. The van der Waals surface area contributed by atoms with Crippen LogP contribution in [0.4, 0.5) is 11.6 Å². The molecular weight excluding hydrogens is 596 g/mol. The number of hydroxylamine groups is 1. The highest BCUT2D eigenvalue weighted by molar-refractivity contribution is 7.89. The predicted molar refractivity (Wildman–Crippen MR) is 169 cm³/mol. The molecular formula is C32H32N6O6S. The first-order valence-corrected chi connectivity index (χ1v) is 15.7. The van der Waals surface area contributed by atoms with Crippen LogP contribution < -0.4 is 15.4 Å². The molecule has 1 atom stereocenters. The van der Waals surface area contributed by atoms with Crippen LogP contribution in [0.5, 0.6) is 5.88 Å². The zero-order chi connectivity index (χ0) is 31.6. The lowest BCUT2D eigenvalue weighted by Crippen LogP contribution is -2.36. The molecule has 232 valence electrons. The van der Waals surface area contributed by atoms with Gasteiger partial charge in [0.2, 0.25) is 11.8 Å². The summed E-state index contributed by atoms with van der Waals surface area (Å²) in [6, 6.07) is 23.0. The van der Waals surface area contributed by atoms with Crippen LogP contribution in [-0.2, 0) is 24.4 Å². The summed E-state index contributed by atoms with van der Waals surface area (Å²) in [7, 11) is -3.12. The smallest absolute Gasteiger partial charge is 0.314 e. The number of imidazole rings is 1. The number of benzene rings is 3. The Kier molecular flexibility index (Phi) is 8.39. The van der Waals surface area contributed by atoms with Crippen molar-refractivity contribution in [1.82, 2.24) is 19.0 Å². The Hall–Kier alpha value is -4.98. The monoisotopic (exact) mass is 628 g/mol. The van der Waals surface area contributed by atoms with Gasteiger partial charge in [-0.25, -0.2) is 18.4 Å². The van der Waals surface area contributed by atoms with Gasteiger partial charge in [-0.2, -0.15) is 0 Å². The van der Waals surface area contributed by atoms with Crippen molar-refractivity contribution < 1.29 is 27.5 Å². The Labute approximate surface area is 260 Å². The Balaban J connectivity index is 1.39. The maximum atomic E-state index is 14.0. The van der Waals surface area contributed by atoms with Crippen molar-refractivity contribution in [3.8, 4) is 22.7 Å². The summed E-state index contributed by atoms with van der Waals surface area (Å²) >= 11 is 0. The van der Waals surface area contributed by atoms with Crippen molar-refractivity contribution in [3.63, 3.8) is 0 Å². The molecule has 0 radical (unpaired) electrons. The van der Waals surface area contributed by atoms with Gasteiger partial charge in [0.05, 0.1) is 37.4 Å². The van der Waals surface area contributed by atoms with E-state index in [1.54, 1.807) is 31.2 Å². The van der Waals surface area contributed by atoms with Gasteiger partial charge in [0, 0.05) is 36.2 Å².